The highest BCUT2D eigenvalue weighted by atomic mass is 32.2. The van der Waals surface area contributed by atoms with Gasteiger partial charge in [0.2, 0.25) is 0 Å². The first-order valence-corrected chi connectivity index (χ1v) is 8.87. The molecule has 0 aliphatic carbocycles. The van der Waals surface area contributed by atoms with E-state index in [1.54, 1.807) is 12.1 Å². The zero-order chi connectivity index (χ0) is 16.7. The van der Waals surface area contributed by atoms with E-state index in [1.807, 2.05) is 24.3 Å². The van der Waals surface area contributed by atoms with Crippen molar-refractivity contribution in [3.63, 3.8) is 0 Å². The van der Waals surface area contributed by atoms with E-state index < -0.39 is 9.84 Å². The van der Waals surface area contributed by atoms with Crippen molar-refractivity contribution in [3.8, 4) is 0 Å². The smallest absolute Gasteiger partial charge is 0.252 e. The summed E-state index contributed by atoms with van der Waals surface area (Å²) in [7, 11) is -3.43. The van der Waals surface area contributed by atoms with E-state index in [4.69, 9.17) is 0 Å². The van der Waals surface area contributed by atoms with Crippen LogP contribution in [-0.4, -0.2) is 24.3 Å². The number of nitrogens with one attached hydrogen (secondary N) is 2. The monoisotopic (exact) mass is 339 g/mol. The van der Waals surface area contributed by atoms with Crippen molar-refractivity contribution in [2.75, 3.05) is 0 Å². The van der Waals surface area contributed by atoms with Crippen LogP contribution < -0.4 is 5.32 Å². The standard InChI is InChI=1S/C17H13N3O3S/c21-17(12-4-3-7-15-11(12)8-9-24(15,22)23)18-10-16-19-13-5-1-2-6-14(13)20-16/h1-9H,10H2,(H,18,21)(H,19,20). The second kappa shape index (κ2) is 5.31. The summed E-state index contributed by atoms with van der Waals surface area (Å²) in [6.07, 6.45) is 1.46. The molecule has 0 bridgehead atoms. The van der Waals surface area contributed by atoms with Crippen molar-refractivity contribution < 1.29 is 13.2 Å². The van der Waals surface area contributed by atoms with E-state index in [2.05, 4.69) is 15.3 Å². The van der Waals surface area contributed by atoms with Crippen LogP contribution in [0.3, 0.4) is 0 Å². The normalized spacial score (nSPS) is 14.7. The predicted molar refractivity (Wildman–Crippen MR) is 89.9 cm³/mol. The highest BCUT2D eigenvalue weighted by Crippen LogP contribution is 2.29. The van der Waals surface area contributed by atoms with Gasteiger partial charge in [0.15, 0.2) is 9.84 Å². The second-order valence-electron chi connectivity index (χ2n) is 5.45. The highest BCUT2D eigenvalue weighted by molar-refractivity contribution is 7.94. The Morgan fingerprint density at radius 2 is 1.96 bits per heavy atom. The molecule has 4 rings (SSSR count). The fourth-order valence-electron chi connectivity index (χ4n) is 2.74. The zero-order valence-corrected chi connectivity index (χ0v) is 13.3. The number of imidazole rings is 1. The number of nitrogens with zero attached hydrogens (tertiary/aromatic N) is 1. The first-order valence-electron chi connectivity index (χ1n) is 7.32. The average molecular weight is 339 g/mol. The van der Waals surface area contributed by atoms with Gasteiger partial charge in [0, 0.05) is 16.5 Å². The Kier molecular flexibility index (Phi) is 3.24. The van der Waals surface area contributed by atoms with E-state index in [0.29, 0.717) is 17.0 Å². The van der Waals surface area contributed by atoms with Gasteiger partial charge in [-0.05, 0) is 30.3 Å². The molecule has 24 heavy (non-hydrogen) atoms. The Morgan fingerprint density at radius 1 is 1.12 bits per heavy atom. The number of hydrogen-bond acceptors (Lipinski definition) is 4. The molecule has 3 aromatic rings. The number of fused-ring (bicyclic) bond motifs is 2. The van der Waals surface area contributed by atoms with Crippen LogP contribution in [0.5, 0.6) is 0 Å². The number of carbonyl (C=O) groups excluding carboxylic acids is 1. The minimum atomic E-state index is -3.43. The number of sulfone groups is 1. The lowest BCUT2D eigenvalue weighted by Gasteiger charge is -2.07. The Bertz CT molecular complexity index is 1060. The van der Waals surface area contributed by atoms with Gasteiger partial charge in [-0.1, -0.05) is 18.2 Å². The maximum Gasteiger partial charge on any atom is 0.252 e. The summed E-state index contributed by atoms with van der Waals surface area (Å²) >= 11 is 0. The number of aromatic nitrogens is 2. The van der Waals surface area contributed by atoms with Crippen molar-refractivity contribution in [1.29, 1.82) is 0 Å². The number of carbonyl (C=O) groups is 1. The molecule has 2 heterocycles. The lowest BCUT2D eigenvalue weighted by molar-refractivity contribution is 0.0949. The molecule has 7 heteroatoms. The van der Waals surface area contributed by atoms with Crippen LogP contribution in [0.1, 0.15) is 21.7 Å². The van der Waals surface area contributed by atoms with Crippen molar-refractivity contribution in [1.82, 2.24) is 15.3 Å². The summed E-state index contributed by atoms with van der Waals surface area (Å²) in [4.78, 5) is 20.1. The van der Waals surface area contributed by atoms with Gasteiger partial charge in [-0.3, -0.25) is 4.79 Å². The molecule has 1 aliphatic heterocycles. The molecular weight excluding hydrogens is 326 g/mol. The van der Waals surface area contributed by atoms with Gasteiger partial charge in [0.25, 0.3) is 5.91 Å². The number of benzene rings is 2. The molecule has 1 aliphatic rings. The number of H-pyrrole nitrogens is 1. The number of hydrogen-bond donors (Lipinski definition) is 2. The van der Waals surface area contributed by atoms with Gasteiger partial charge in [-0.15, -0.1) is 0 Å². The van der Waals surface area contributed by atoms with Gasteiger partial charge in [-0.2, -0.15) is 0 Å². The molecule has 2 N–H and O–H groups in total. The summed E-state index contributed by atoms with van der Waals surface area (Å²) in [6.45, 7) is 0.230. The summed E-state index contributed by atoms with van der Waals surface area (Å²) in [5, 5.41) is 3.89. The molecule has 2 aromatic carbocycles. The van der Waals surface area contributed by atoms with E-state index in [1.165, 1.54) is 12.1 Å². The quantitative estimate of drug-likeness (QED) is 0.765. The molecule has 0 radical (unpaired) electrons. The highest BCUT2D eigenvalue weighted by Gasteiger charge is 2.24. The summed E-state index contributed by atoms with van der Waals surface area (Å²) in [5.41, 5.74) is 2.49. The van der Waals surface area contributed by atoms with E-state index in [9.17, 15) is 13.2 Å². The minimum Gasteiger partial charge on any atom is -0.345 e. The molecule has 0 atom stereocenters. The molecule has 120 valence electrons. The number of amides is 1. The van der Waals surface area contributed by atoms with Crippen molar-refractivity contribution in [3.05, 3.63) is 64.8 Å². The van der Waals surface area contributed by atoms with Crippen LogP contribution >= 0.6 is 0 Å². The number of rotatable bonds is 3. The Balaban J connectivity index is 1.57. The average Bonchev–Trinajstić information content (AvgIpc) is 3.13. The van der Waals surface area contributed by atoms with Gasteiger partial charge in [0.1, 0.15) is 5.82 Å². The largest absolute Gasteiger partial charge is 0.345 e. The first kappa shape index (κ1) is 14.6. The lowest BCUT2D eigenvalue weighted by Crippen LogP contribution is -2.24. The van der Waals surface area contributed by atoms with Crippen LogP contribution in [-0.2, 0) is 16.4 Å². The minimum absolute atomic E-state index is 0.166. The van der Waals surface area contributed by atoms with Gasteiger partial charge in [-0.25, -0.2) is 13.4 Å². The molecule has 0 spiro atoms. The third-order valence-electron chi connectivity index (χ3n) is 3.89. The Morgan fingerprint density at radius 3 is 2.79 bits per heavy atom. The van der Waals surface area contributed by atoms with Gasteiger partial charge in [0.05, 0.1) is 22.5 Å². The maximum atomic E-state index is 12.4. The molecule has 0 saturated carbocycles. The molecule has 1 aromatic heterocycles. The predicted octanol–water partition coefficient (Wildman–Crippen LogP) is 2.25. The molecule has 0 unspecified atom stereocenters. The molecular formula is C17H13N3O3S. The second-order valence-corrected chi connectivity index (χ2v) is 7.25. The molecule has 0 fully saturated rings. The lowest BCUT2D eigenvalue weighted by atomic mass is 10.1. The Hall–Kier alpha value is -2.93. The van der Waals surface area contributed by atoms with E-state index in [0.717, 1.165) is 16.4 Å². The maximum absolute atomic E-state index is 12.4. The SMILES string of the molecule is O=C(NCc1nc2ccccc2[nH]1)c1cccc2c1C=CS2(=O)=O. The van der Waals surface area contributed by atoms with Crippen LogP contribution in [0.4, 0.5) is 0 Å². The van der Waals surface area contributed by atoms with Gasteiger partial charge < -0.3 is 10.3 Å². The van der Waals surface area contributed by atoms with E-state index >= 15 is 0 Å². The van der Waals surface area contributed by atoms with Crippen molar-refractivity contribution in [2.24, 2.45) is 0 Å². The number of para-hydroxylation sites is 2. The zero-order valence-electron chi connectivity index (χ0n) is 12.5. The fourth-order valence-corrected chi connectivity index (χ4v) is 3.96. The van der Waals surface area contributed by atoms with Crippen LogP contribution in [0.15, 0.2) is 52.8 Å². The third kappa shape index (κ3) is 2.39. The first-order chi connectivity index (χ1) is 11.5. The summed E-state index contributed by atoms with van der Waals surface area (Å²) < 4.78 is 23.7. The van der Waals surface area contributed by atoms with Crippen LogP contribution in [0.2, 0.25) is 0 Å². The molecule has 1 amide bonds. The van der Waals surface area contributed by atoms with E-state index in [-0.39, 0.29) is 17.3 Å². The van der Waals surface area contributed by atoms with Crippen LogP contribution in [0.25, 0.3) is 17.1 Å². The van der Waals surface area contributed by atoms with Crippen molar-refractivity contribution in [2.45, 2.75) is 11.4 Å². The Labute approximate surface area is 138 Å². The molecule has 0 saturated heterocycles. The topological polar surface area (TPSA) is 91.9 Å². The van der Waals surface area contributed by atoms with Crippen molar-refractivity contribution >= 4 is 32.9 Å². The fraction of sp³-hybridized carbons (Fsp3) is 0.0588. The van der Waals surface area contributed by atoms with Crippen LogP contribution in [0, 0.1) is 0 Å². The molecule has 6 nitrogen and oxygen atoms in total. The summed E-state index contributed by atoms with van der Waals surface area (Å²) in [5.74, 6) is 0.300. The summed E-state index contributed by atoms with van der Waals surface area (Å²) in [6, 6.07) is 12.3. The third-order valence-corrected chi connectivity index (χ3v) is 5.35. The van der Waals surface area contributed by atoms with Gasteiger partial charge >= 0.3 is 0 Å². The number of aromatic amines is 1.